The van der Waals surface area contributed by atoms with Crippen molar-refractivity contribution < 1.29 is 32.3 Å². The topological polar surface area (TPSA) is 63.3 Å². The Morgan fingerprint density at radius 1 is 1.88 bits per heavy atom. The Balaban J connectivity index is 0. The second-order valence-corrected chi connectivity index (χ2v) is 1.49. The number of carboxylic acids is 1. The molecule has 53 valence electrons. The maximum Gasteiger partial charge on any atom is 0.321 e. The number of carboxylic acid groups (broad SMARTS) is 1. The fraction of sp³-hybridized carbons (Fsp3) is 0.667. The van der Waals surface area contributed by atoms with Crippen molar-refractivity contribution >= 4 is 18.6 Å². The largest absolute Gasteiger partial charge is 0.480 e. The van der Waals surface area contributed by atoms with E-state index in [4.69, 9.17) is 10.8 Å². The molecule has 0 saturated carbocycles. The molecule has 0 bridgehead atoms. The van der Waals surface area contributed by atoms with E-state index in [1.54, 1.807) is 0 Å². The van der Waals surface area contributed by atoms with Crippen LogP contribution >= 0.6 is 12.6 Å². The van der Waals surface area contributed by atoms with Crippen molar-refractivity contribution in [3.8, 4) is 0 Å². The first kappa shape index (κ1) is 11.3. The number of aliphatic carboxylic acids is 1. The SMILES string of the molecule is NC(CS)C(=O)O.[Au]. The molecular formula is C3H7AuNO2S. The van der Waals surface area contributed by atoms with Crippen LogP contribution in [0.2, 0.25) is 0 Å². The predicted molar refractivity (Wildman–Crippen MR) is 29.5 cm³/mol. The van der Waals surface area contributed by atoms with Gasteiger partial charge < -0.3 is 10.8 Å². The molecule has 0 amide bonds. The van der Waals surface area contributed by atoms with Crippen molar-refractivity contribution in [2.24, 2.45) is 5.73 Å². The predicted octanol–water partition coefficient (Wildman–Crippen LogP) is -0.674. The van der Waals surface area contributed by atoms with Gasteiger partial charge in [0.05, 0.1) is 0 Å². The van der Waals surface area contributed by atoms with E-state index in [9.17, 15) is 4.79 Å². The van der Waals surface area contributed by atoms with Gasteiger partial charge in [-0.1, -0.05) is 0 Å². The van der Waals surface area contributed by atoms with E-state index in [0.29, 0.717) is 0 Å². The van der Waals surface area contributed by atoms with Crippen LogP contribution in [0.1, 0.15) is 0 Å². The maximum absolute atomic E-state index is 9.76. The second-order valence-electron chi connectivity index (χ2n) is 1.13. The molecule has 0 aliphatic rings. The van der Waals surface area contributed by atoms with Crippen LogP contribution in [0.15, 0.2) is 0 Å². The van der Waals surface area contributed by atoms with E-state index >= 15 is 0 Å². The normalized spacial score (nSPS) is 11.8. The molecule has 0 aliphatic heterocycles. The minimum atomic E-state index is -1.00. The molecule has 0 saturated heterocycles. The van der Waals surface area contributed by atoms with Gasteiger partial charge in [-0.05, 0) is 0 Å². The Morgan fingerprint density at radius 2 is 2.25 bits per heavy atom. The van der Waals surface area contributed by atoms with Gasteiger partial charge in [0, 0.05) is 28.1 Å². The Labute approximate surface area is 68.6 Å². The molecule has 0 aromatic carbocycles. The van der Waals surface area contributed by atoms with Crippen molar-refractivity contribution in [1.29, 1.82) is 0 Å². The Kier molecular flexibility index (Phi) is 8.01. The molecule has 0 rings (SSSR count). The molecule has 0 aromatic heterocycles. The van der Waals surface area contributed by atoms with E-state index in [2.05, 4.69) is 12.6 Å². The molecule has 5 heteroatoms. The van der Waals surface area contributed by atoms with Crippen LogP contribution in [0.25, 0.3) is 0 Å². The molecule has 0 aliphatic carbocycles. The van der Waals surface area contributed by atoms with Crippen LogP contribution in [-0.4, -0.2) is 22.9 Å². The van der Waals surface area contributed by atoms with Crippen molar-refractivity contribution in [2.75, 3.05) is 5.75 Å². The van der Waals surface area contributed by atoms with Crippen LogP contribution in [0.3, 0.4) is 0 Å². The molecule has 3 nitrogen and oxygen atoms in total. The van der Waals surface area contributed by atoms with Gasteiger partial charge in [-0.2, -0.15) is 12.6 Å². The third kappa shape index (κ3) is 4.67. The quantitative estimate of drug-likeness (QED) is 0.467. The summed E-state index contributed by atoms with van der Waals surface area (Å²) in [6, 6.07) is -0.816. The minimum Gasteiger partial charge on any atom is -0.480 e. The average molecular weight is 318 g/mol. The fourth-order valence-corrected chi connectivity index (χ4v) is 0.234. The van der Waals surface area contributed by atoms with E-state index in [1.807, 2.05) is 0 Å². The van der Waals surface area contributed by atoms with Crippen molar-refractivity contribution in [2.45, 2.75) is 6.04 Å². The molecule has 8 heavy (non-hydrogen) atoms. The zero-order valence-electron chi connectivity index (χ0n) is 3.97. The summed E-state index contributed by atoms with van der Waals surface area (Å²) in [5.41, 5.74) is 4.94. The molecule has 3 N–H and O–H groups in total. The number of nitrogens with two attached hydrogens (primary N) is 1. The van der Waals surface area contributed by atoms with Gasteiger partial charge in [-0.25, -0.2) is 0 Å². The van der Waals surface area contributed by atoms with Gasteiger partial charge in [-0.3, -0.25) is 4.79 Å². The van der Waals surface area contributed by atoms with Crippen LogP contribution in [0, 0.1) is 0 Å². The Bertz CT molecular complexity index is 79.7. The van der Waals surface area contributed by atoms with Crippen LogP contribution in [0.4, 0.5) is 0 Å². The first-order valence-electron chi connectivity index (χ1n) is 1.77. The number of thiol groups is 1. The van der Waals surface area contributed by atoms with Crippen LogP contribution in [-0.2, 0) is 27.2 Å². The van der Waals surface area contributed by atoms with Crippen LogP contribution < -0.4 is 5.73 Å². The van der Waals surface area contributed by atoms with Crippen molar-refractivity contribution in [3.63, 3.8) is 0 Å². The molecule has 1 radical (unpaired) electrons. The van der Waals surface area contributed by atoms with Gasteiger partial charge in [0.15, 0.2) is 0 Å². The van der Waals surface area contributed by atoms with E-state index in [-0.39, 0.29) is 28.1 Å². The molecule has 0 aromatic rings. The minimum absolute atomic E-state index is 0. The van der Waals surface area contributed by atoms with Gasteiger partial charge in [0.1, 0.15) is 6.04 Å². The summed E-state index contributed by atoms with van der Waals surface area (Å²) in [6.45, 7) is 0. The second kappa shape index (κ2) is 5.65. The standard InChI is InChI=1S/C3H7NO2S.Au/c4-2(1-7)3(5)6;/h2,7H,1,4H2,(H,5,6);. The Morgan fingerprint density at radius 3 is 2.25 bits per heavy atom. The maximum atomic E-state index is 9.76. The number of carbonyl (C=O) groups is 1. The molecular weight excluding hydrogens is 311 g/mol. The average Bonchev–Trinajstić information content (AvgIpc) is 1.65. The first-order valence-corrected chi connectivity index (χ1v) is 2.41. The smallest absolute Gasteiger partial charge is 0.321 e. The van der Waals surface area contributed by atoms with Gasteiger partial charge in [0.2, 0.25) is 0 Å². The molecule has 1 unspecified atom stereocenters. The monoisotopic (exact) mass is 318 g/mol. The van der Waals surface area contributed by atoms with Gasteiger partial charge in [0.25, 0.3) is 0 Å². The first-order chi connectivity index (χ1) is 3.18. The summed E-state index contributed by atoms with van der Waals surface area (Å²) < 4.78 is 0. The Hall–Kier alpha value is 0.520. The molecule has 1 atom stereocenters. The summed E-state index contributed by atoms with van der Waals surface area (Å²) >= 11 is 3.65. The summed E-state index contributed by atoms with van der Waals surface area (Å²) in [5, 5.41) is 8.01. The van der Waals surface area contributed by atoms with E-state index in [1.165, 1.54) is 0 Å². The zero-order valence-corrected chi connectivity index (χ0v) is 7.03. The summed E-state index contributed by atoms with van der Waals surface area (Å²) in [5.74, 6) is -0.815. The number of hydrogen-bond donors (Lipinski definition) is 3. The summed E-state index contributed by atoms with van der Waals surface area (Å²) in [7, 11) is 0. The molecule has 0 heterocycles. The molecule has 0 spiro atoms. The third-order valence-electron chi connectivity index (χ3n) is 0.514. The fourth-order valence-electron chi connectivity index (χ4n) is 0.0781. The number of rotatable bonds is 2. The summed E-state index contributed by atoms with van der Waals surface area (Å²) in [6.07, 6.45) is 0. The van der Waals surface area contributed by atoms with Gasteiger partial charge in [-0.15, -0.1) is 0 Å². The van der Waals surface area contributed by atoms with E-state index < -0.39 is 12.0 Å². The zero-order chi connectivity index (χ0) is 5.86. The molecule has 0 fully saturated rings. The summed E-state index contributed by atoms with van der Waals surface area (Å²) in [4.78, 5) is 9.76. The number of hydrogen-bond acceptors (Lipinski definition) is 3. The third-order valence-corrected chi connectivity index (χ3v) is 0.907. The van der Waals surface area contributed by atoms with Crippen molar-refractivity contribution in [1.82, 2.24) is 0 Å². The van der Waals surface area contributed by atoms with Gasteiger partial charge >= 0.3 is 5.97 Å². The van der Waals surface area contributed by atoms with Crippen LogP contribution in [0.5, 0.6) is 0 Å². The van der Waals surface area contributed by atoms with E-state index in [0.717, 1.165) is 0 Å². The van der Waals surface area contributed by atoms with Crippen molar-refractivity contribution in [3.05, 3.63) is 0 Å².